The molecule has 0 unspecified atom stereocenters. The largest absolute Gasteiger partial charge is 0.294 e. The van der Waals surface area contributed by atoms with E-state index in [0.29, 0.717) is 35.1 Å². The van der Waals surface area contributed by atoms with Crippen LogP contribution < -0.4 is 5.56 Å². The Bertz CT molecular complexity index is 1020. The predicted octanol–water partition coefficient (Wildman–Crippen LogP) is 2.52. The third-order valence-electron chi connectivity index (χ3n) is 4.20. The SMILES string of the molecule is CCCCCn1c2c(c(=O)n3c(-c4cnccn4)nnc13)CC(Br)=N2. The topological polar surface area (TPSA) is 90.3 Å². The molecule has 0 atom stereocenters. The number of aromatic nitrogens is 6. The van der Waals surface area contributed by atoms with Crippen molar-refractivity contribution < 1.29 is 0 Å². The Kier molecular flexibility index (Phi) is 4.16. The van der Waals surface area contributed by atoms with Gasteiger partial charge in [-0.1, -0.05) is 19.8 Å². The smallest absolute Gasteiger partial charge is 0.266 e. The molecule has 1 aliphatic rings. The summed E-state index contributed by atoms with van der Waals surface area (Å²) in [5.74, 6) is 1.58. The fraction of sp³-hybridized carbons (Fsp3) is 0.375. The molecule has 0 spiro atoms. The second kappa shape index (κ2) is 6.47. The van der Waals surface area contributed by atoms with Crippen molar-refractivity contribution in [2.45, 2.75) is 39.2 Å². The minimum atomic E-state index is -0.152. The van der Waals surface area contributed by atoms with E-state index in [4.69, 9.17) is 0 Å². The summed E-state index contributed by atoms with van der Waals surface area (Å²) >= 11 is 3.42. The number of fused-ring (bicyclic) bond motifs is 2. The quantitative estimate of drug-likeness (QED) is 0.612. The standard InChI is InChI=1S/C16H16BrN7O/c1-2-3-4-7-23-13-10(8-12(17)20-13)15(25)24-14(21-22-16(23)24)11-9-18-5-6-19-11/h5-6,9H,2-4,7-8H2,1H3. The van der Waals surface area contributed by atoms with Crippen LogP contribution in [0.4, 0.5) is 5.82 Å². The number of nitrogens with zero attached hydrogens (tertiary/aromatic N) is 7. The van der Waals surface area contributed by atoms with Gasteiger partial charge in [0, 0.05) is 25.4 Å². The summed E-state index contributed by atoms with van der Waals surface area (Å²) in [7, 11) is 0. The van der Waals surface area contributed by atoms with E-state index in [1.807, 2.05) is 4.57 Å². The van der Waals surface area contributed by atoms with Crippen LogP contribution in [-0.4, -0.2) is 33.8 Å². The molecule has 0 radical (unpaired) electrons. The molecule has 25 heavy (non-hydrogen) atoms. The third-order valence-corrected chi connectivity index (χ3v) is 4.66. The highest BCUT2D eigenvalue weighted by Crippen LogP contribution is 2.29. The third kappa shape index (κ3) is 2.68. The zero-order valence-corrected chi connectivity index (χ0v) is 15.3. The van der Waals surface area contributed by atoms with E-state index >= 15 is 0 Å². The van der Waals surface area contributed by atoms with Crippen LogP contribution in [0.2, 0.25) is 0 Å². The lowest BCUT2D eigenvalue weighted by atomic mass is 10.2. The number of aryl methyl sites for hydroxylation is 1. The Labute approximate surface area is 151 Å². The Hall–Kier alpha value is -2.42. The van der Waals surface area contributed by atoms with Crippen molar-refractivity contribution in [1.29, 1.82) is 0 Å². The van der Waals surface area contributed by atoms with Gasteiger partial charge in [-0.05, 0) is 22.4 Å². The van der Waals surface area contributed by atoms with Gasteiger partial charge in [-0.15, -0.1) is 10.2 Å². The zero-order chi connectivity index (χ0) is 17.4. The summed E-state index contributed by atoms with van der Waals surface area (Å²) in [6.45, 7) is 2.89. The van der Waals surface area contributed by atoms with Crippen molar-refractivity contribution >= 4 is 32.1 Å². The number of unbranched alkanes of at least 4 members (excludes halogenated alkanes) is 2. The fourth-order valence-electron chi connectivity index (χ4n) is 3.02. The van der Waals surface area contributed by atoms with Gasteiger partial charge in [0.05, 0.1) is 16.4 Å². The molecule has 0 aliphatic carbocycles. The Balaban J connectivity index is 1.96. The van der Waals surface area contributed by atoms with Crippen LogP contribution in [0.5, 0.6) is 0 Å². The second-order valence-corrected chi connectivity index (χ2v) is 6.80. The molecule has 3 aromatic rings. The molecule has 4 heterocycles. The molecule has 0 amide bonds. The molecule has 1 aliphatic heterocycles. The normalized spacial score (nSPS) is 13.3. The van der Waals surface area contributed by atoms with Crippen molar-refractivity contribution in [2.24, 2.45) is 4.99 Å². The molecule has 0 saturated carbocycles. The first-order valence-corrected chi connectivity index (χ1v) is 9.00. The van der Waals surface area contributed by atoms with Gasteiger partial charge in [-0.2, -0.15) is 0 Å². The van der Waals surface area contributed by atoms with Crippen molar-refractivity contribution in [1.82, 2.24) is 29.1 Å². The lowest BCUT2D eigenvalue weighted by Crippen LogP contribution is -2.23. The Morgan fingerprint density at radius 2 is 2.12 bits per heavy atom. The van der Waals surface area contributed by atoms with Crippen LogP contribution in [0.1, 0.15) is 31.7 Å². The van der Waals surface area contributed by atoms with E-state index in [1.54, 1.807) is 18.6 Å². The lowest BCUT2D eigenvalue weighted by molar-refractivity contribution is 0.603. The van der Waals surface area contributed by atoms with E-state index in [9.17, 15) is 4.79 Å². The van der Waals surface area contributed by atoms with E-state index in [1.165, 1.54) is 4.40 Å². The summed E-state index contributed by atoms with van der Waals surface area (Å²) in [6, 6.07) is 0. The van der Waals surface area contributed by atoms with Crippen molar-refractivity contribution in [3.8, 4) is 11.5 Å². The minimum Gasteiger partial charge on any atom is -0.294 e. The number of halogens is 1. The van der Waals surface area contributed by atoms with Crippen LogP contribution in [0.15, 0.2) is 28.4 Å². The fourth-order valence-corrected chi connectivity index (χ4v) is 3.46. The van der Waals surface area contributed by atoms with Gasteiger partial charge in [-0.25, -0.2) is 14.4 Å². The van der Waals surface area contributed by atoms with Crippen molar-refractivity contribution in [3.63, 3.8) is 0 Å². The van der Waals surface area contributed by atoms with Crippen LogP contribution in [0.25, 0.3) is 17.3 Å². The minimum absolute atomic E-state index is 0.152. The molecular formula is C16H16BrN7O. The van der Waals surface area contributed by atoms with E-state index in [0.717, 1.165) is 30.4 Å². The first kappa shape index (κ1) is 16.1. The number of aliphatic imine (C=N–C) groups is 1. The average Bonchev–Trinajstić information content (AvgIpc) is 3.23. The first-order chi connectivity index (χ1) is 12.2. The average molecular weight is 402 g/mol. The van der Waals surface area contributed by atoms with Gasteiger partial charge in [0.15, 0.2) is 5.82 Å². The number of hydrogen-bond donors (Lipinski definition) is 0. The molecule has 128 valence electrons. The summed E-state index contributed by atoms with van der Waals surface area (Å²) in [6.07, 6.45) is 8.42. The summed E-state index contributed by atoms with van der Waals surface area (Å²) in [5, 5.41) is 8.47. The first-order valence-electron chi connectivity index (χ1n) is 8.21. The lowest BCUT2D eigenvalue weighted by Gasteiger charge is -2.12. The maximum Gasteiger partial charge on any atom is 0.266 e. The summed E-state index contributed by atoms with van der Waals surface area (Å²) < 4.78 is 4.26. The highest BCUT2D eigenvalue weighted by Gasteiger charge is 2.26. The molecule has 4 rings (SSSR count). The van der Waals surface area contributed by atoms with Crippen LogP contribution in [0.3, 0.4) is 0 Å². The number of hydrogen-bond acceptors (Lipinski definition) is 6. The molecule has 9 heteroatoms. The van der Waals surface area contributed by atoms with Gasteiger partial charge in [0.2, 0.25) is 5.78 Å². The van der Waals surface area contributed by atoms with Crippen LogP contribution in [0, 0.1) is 0 Å². The Morgan fingerprint density at radius 3 is 2.88 bits per heavy atom. The van der Waals surface area contributed by atoms with Gasteiger partial charge < -0.3 is 0 Å². The molecule has 0 aromatic carbocycles. The number of rotatable bonds is 5. The molecule has 0 bridgehead atoms. The van der Waals surface area contributed by atoms with Gasteiger partial charge >= 0.3 is 0 Å². The van der Waals surface area contributed by atoms with Crippen molar-refractivity contribution in [2.75, 3.05) is 0 Å². The van der Waals surface area contributed by atoms with Crippen LogP contribution >= 0.6 is 15.9 Å². The second-order valence-electron chi connectivity index (χ2n) is 5.88. The predicted molar refractivity (Wildman–Crippen MR) is 97.5 cm³/mol. The van der Waals surface area contributed by atoms with E-state index < -0.39 is 0 Å². The highest BCUT2D eigenvalue weighted by atomic mass is 79.9. The molecule has 8 nitrogen and oxygen atoms in total. The molecule has 3 aromatic heterocycles. The van der Waals surface area contributed by atoms with E-state index in [2.05, 4.69) is 48.0 Å². The molecule has 0 N–H and O–H groups in total. The van der Waals surface area contributed by atoms with Gasteiger partial charge in [0.1, 0.15) is 11.5 Å². The maximum atomic E-state index is 13.0. The molecule has 0 saturated heterocycles. The molecule has 0 fully saturated rings. The Morgan fingerprint density at radius 1 is 1.24 bits per heavy atom. The highest BCUT2D eigenvalue weighted by molar-refractivity contribution is 9.18. The van der Waals surface area contributed by atoms with E-state index in [-0.39, 0.29) is 5.56 Å². The van der Waals surface area contributed by atoms with Crippen LogP contribution in [-0.2, 0) is 13.0 Å². The maximum absolute atomic E-state index is 13.0. The van der Waals surface area contributed by atoms with Crippen molar-refractivity contribution in [3.05, 3.63) is 34.5 Å². The monoisotopic (exact) mass is 401 g/mol. The molecular weight excluding hydrogens is 386 g/mol. The zero-order valence-electron chi connectivity index (χ0n) is 13.7. The summed E-state index contributed by atoms with van der Waals surface area (Å²) in [5.41, 5.74) is 1.02. The van der Waals surface area contributed by atoms with Gasteiger partial charge in [-0.3, -0.25) is 14.3 Å². The summed E-state index contributed by atoms with van der Waals surface area (Å²) in [4.78, 5) is 25.9. The van der Waals surface area contributed by atoms with Gasteiger partial charge in [0.25, 0.3) is 5.56 Å².